The summed E-state index contributed by atoms with van der Waals surface area (Å²) < 4.78 is 0. The Balaban J connectivity index is -0.0000000505. The van der Waals surface area contributed by atoms with Crippen molar-refractivity contribution in [2.24, 2.45) is 0 Å². The summed E-state index contributed by atoms with van der Waals surface area (Å²) in [5, 5.41) is 67.6. The van der Waals surface area contributed by atoms with Crippen LogP contribution in [0.5, 0.6) is 0 Å². The number of hydrogen-bond acceptors (Lipinski definition) is 8. The zero-order valence-corrected chi connectivity index (χ0v) is 18.7. The SMILES string of the molecule is O=C(O)CC(O)(CC(=O)O)C(=O)O.O=C(O)CC(O)(CC(=O)O)C(=O)O.[Ca+2].[Ca+2].[H-].[H-].[H-].[H-]. The zero-order valence-electron chi connectivity index (χ0n) is 18.3. The summed E-state index contributed by atoms with van der Waals surface area (Å²) in [5.74, 6) is -10.0. The first kappa shape index (κ1) is 34.7. The quantitative estimate of drug-likeness (QED) is 0.150. The van der Waals surface area contributed by atoms with E-state index in [4.69, 9.17) is 40.9 Å². The molecule has 8 N–H and O–H groups in total. The van der Waals surface area contributed by atoms with Crippen molar-refractivity contribution in [3.05, 3.63) is 0 Å². The number of aliphatic hydroxyl groups is 2. The third-order valence-corrected chi connectivity index (χ3v) is 2.57. The van der Waals surface area contributed by atoms with Crippen LogP contribution in [0.3, 0.4) is 0 Å². The third kappa shape index (κ3) is 15.2. The standard InChI is InChI=1S/2C6H8O7.2Ca.4H/c2*7-3(8)1-6(13,5(11)12)2-4(9)10;;;;;;/h2*13H,1-2H2,(H,7,8)(H,9,10)(H,11,12);;;;;;/q;;2*+2;4*-1. The minimum atomic E-state index is -2.74. The number of carboxylic acid groups (broad SMARTS) is 6. The molecule has 0 radical (unpaired) electrons. The second-order valence-electron chi connectivity index (χ2n) is 4.96. The molecular formula is C12H20Ca2O14. The molecule has 0 aromatic heterocycles. The van der Waals surface area contributed by atoms with E-state index in [1.165, 1.54) is 0 Å². The smallest absolute Gasteiger partial charge is 1.00 e. The second-order valence-corrected chi connectivity index (χ2v) is 4.96. The van der Waals surface area contributed by atoms with Crippen molar-refractivity contribution in [2.75, 3.05) is 0 Å². The molecule has 16 heteroatoms. The van der Waals surface area contributed by atoms with Crippen LogP contribution in [-0.2, 0) is 28.8 Å². The van der Waals surface area contributed by atoms with Crippen molar-refractivity contribution < 1.29 is 75.3 Å². The van der Waals surface area contributed by atoms with Gasteiger partial charge in [0.25, 0.3) is 0 Å². The Morgan fingerprint density at radius 1 is 0.500 bits per heavy atom. The van der Waals surface area contributed by atoms with Gasteiger partial charge in [0, 0.05) is 0 Å². The van der Waals surface area contributed by atoms with Gasteiger partial charge in [-0.15, -0.1) is 0 Å². The van der Waals surface area contributed by atoms with E-state index in [2.05, 4.69) is 0 Å². The summed E-state index contributed by atoms with van der Waals surface area (Å²) in [6.45, 7) is 0. The summed E-state index contributed by atoms with van der Waals surface area (Å²) in [4.78, 5) is 61.0. The molecule has 156 valence electrons. The van der Waals surface area contributed by atoms with Crippen molar-refractivity contribution in [1.29, 1.82) is 0 Å². The van der Waals surface area contributed by atoms with Gasteiger partial charge in [-0.1, -0.05) is 0 Å². The van der Waals surface area contributed by atoms with Crippen molar-refractivity contribution in [3.8, 4) is 0 Å². The summed E-state index contributed by atoms with van der Waals surface area (Å²) in [6, 6.07) is 0. The van der Waals surface area contributed by atoms with Crippen LogP contribution in [0.2, 0.25) is 0 Å². The van der Waals surface area contributed by atoms with Crippen LogP contribution in [0.15, 0.2) is 0 Å². The molecule has 14 nitrogen and oxygen atoms in total. The molecule has 0 aliphatic rings. The van der Waals surface area contributed by atoms with Gasteiger partial charge in [0.2, 0.25) is 0 Å². The van der Waals surface area contributed by atoms with Crippen LogP contribution in [0.4, 0.5) is 0 Å². The molecule has 0 heterocycles. The zero-order chi connectivity index (χ0) is 21.3. The van der Waals surface area contributed by atoms with E-state index in [9.17, 15) is 28.8 Å². The summed E-state index contributed by atoms with van der Waals surface area (Å²) in [5.41, 5.74) is -5.48. The van der Waals surface area contributed by atoms with Gasteiger partial charge in [-0.3, -0.25) is 19.2 Å². The topological polar surface area (TPSA) is 264 Å². The Labute approximate surface area is 221 Å². The maximum atomic E-state index is 10.3. The predicted molar refractivity (Wildman–Crippen MR) is 90.1 cm³/mol. The van der Waals surface area contributed by atoms with Crippen LogP contribution in [-0.4, -0.2) is 163 Å². The monoisotopic (exact) mass is 468 g/mol. The molecule has 0 bridgehead atoms. The first-order valence-electron chi connectivity index (χ1n) is 6.34. The normalized spacial score (nSPS) is 10.1. The molecule has 0 saturated heterocycles. The molecule has 0 amide bonds. The summed E-state index contributed by atoms with van der Waals surface area (Å²) >= 11 is 0. The van der Waals surface area contributed by atoms with Crippen LogP contribution in [0.25, 0.3) is 0 Å². The molecule has 0 saturated carbocycles. The van der Waals surface area contributed by atoms with E-state index in [0.29, 0.717) is 0 Å². The number of aliphatic carboxylic acids is 6. The fourth-order valence-electron chi connectivity index (χ4n) is 1.43. The molecule has 0 unspecified atom stereocenters. The molecule has 0 aliphatic heterocycles. The van der Waals surface area contributed by atoms with Gasteiger partial charge in [-0.2, -0.15) is 0 Å². The maximum absolute atomic E-state index is 10.3. The average Bonchev–Trinajstić information content (AvgIpc) is 2.34. The molecule has 0 rings (SSSR count). The maximum Gasteiger partial charge on any atom is 2.00 e. The molecule has 0 atom stereocenters. The van der Waals surface area contributed by atoms with E-state index in [1.54, 1.807) is 0 Å². The van der Waals surface area contributed by atoms with Crippen molar-refractivity contribution in [2.45, 2.75) is 36.9 Å². The van der Waals surface area contributed by atoms with E-state index >= 15 is 0 Å². The molecule has 0 spiro atoms. The van der Waals surface area contributed by atoms with E-state index < -0.39 is 72.7 Å². The van der Waals surface area contributed by atoms with Gasteiger partial charge in [0.05, 0.1) is 25.7 Å². The van der Waals surface area contributed by atoms with Crippen LogP contribution in [0.1, 0.15) is 31.4 Å². The minimum Gasteiger partial charge on any atom is -1.00 e. The molecule has 28 heavy (non-hydrogen) atoms. The Kier molecular flexibility index (Phi) is 18.8. The molecular weight excluding hydrogens is 448 g/mol. The van der Waals surface area contributed by atoms with Gasteiger partial charge in [-0.05, 0) is 0 Å². The van der Waals surface area contributed by atoms with Crippen molar-refractivity contribution >= 4 is 111 Å². The fourth-order valence-corrected chi connectivity index (χ4v) is 1.43. The largest absolute Gasteiger partial charge is 2.00 e. The van der Waals surface area contributed by atoms with Crippen LogP contribution in [0, 0.1) is 0 Å². The fraction of sp³-hybridized carbons (Fsp3) is 0.500. The van der Waals surface area contributed by atoms with Gasteiger partial charge >= 0.3 is 111 Å². The van der Waals surface area contributed by atoms with Crippen molar-refractivity contribution in [1.82, 2.24) is 0 Å². The summed E-state index contributed by atoms with van der Waals surface area (Å²) in [7, 11) is 0. The Hall–Kier alpha value is -0.741. The van der Waals surface area contributed by atoms with E-state index in [0.717, 1.165) is 0 Å². The van der Waals surface area contributed by atoms with Crippen molar-refractivity contribution in [3.63, 3.8) is 0 Å². The number of carbonyl (C=O) groups is 6. The van der Waals surface area contributed by atoms with Gasteiger partial charge in [0.15, 0.2) is 11.2 Å². The van der Waals surface area contributed by atoms with Gasteiger partial charge < -0.3 is 46.6 Å². The Morgan fingerprint density at radius 3 is 0.714 bits per heavy atom. The van der Waals surface area contributed by atoms with Crippen LogP contribution < -0.4 is 0 Å². The van der Waals surface area contributed by atoms with E-state index in [1.807, 2.05) is 0 Å². The second kappa shape index (κ2) is 15.1. The number of carboxylic acids is 6. The Morgan fingerprint density at radius 2 is 0.643 bits per heavy atom. The number of hydrogen-bond donors (Lipinski definition) is 8. The summed E-state index contributed by atoms with van der Waals surface area (Å²) in [6.07, 6.45) is -4.58. The van der Waals surface area contributed by atoms with E-state index in [-0.39, 0.29) is 81.2 Å². The molecule has 0 aliphatic carbocycles. The van der Waals surface area contributed by atoms with Crippen LogP contribution >= 0.6 is 0 Å². The van der Waals surface area contributed by atoms with Gasteiger partial charge in [0.1, 0.15) is 0 Å². The minimum absolute atomic E-state index is 0. The molecule has 0 fully saturated rings. The molecule has 0 aromatic rings. The number of rotatable bonds is 10. The average molecular weight is 468 g/mol. The Bertz CT molecular complexity index is 535. The predicted octanol–water partition coefficient (Wildman–Crippen LogP) is -2.81. The third-order valence-electron chi connectivity index (χ3n) is 2.57. The first-order chi connectivity index (χ1) is 11.6. The molecule has 0 aromatic carbocycles. The first-order valence-corrected chi connectivity index (χ1v) is 6.34. The van der Waals surface area contributed by atoms with Gasteiger partial charge in [-0.25, -0.2) is 9.59 Å².